The Bertz CT molecular complexity index is 3400. The SMILES string of the molecule is C(=Cc1ccc(-c2ccccc2-c2c3ccccc3c(-c3ccccc3)c3ccccc23)cc1)c1ccc(-c2ccccc2-c2c3ccccc3c(-c3ccccc3)c3ccccc23)cc1. The van der Waals surface area contributed by atoms with Gasteiger partial charge in [0.15, 0.2) is 0 Å². The predicted molar refractivity (Wildman–Crippen MR) is 284 cm³/mol. The van der Waals surface area contributed by atoms with Gasteiger partial charge in [0.2, 0.25) is 0 Å². The molecule has 0 N–H and O–H groups in total. The first kappa shape index (κ1) is 39.0. The van der Waals surface area contributed by atoms with E-state index in [0.717, 1.165) is 11.1 Å². The van der Waals surface area contributed by atoms with Crippen molar-refractivity contribution in [3.8, 4) is 66.8 Å². The van der Waals surface area contributed by atoms with Crippen LogP contribution in [-0.4, -0.2) is 0 Å². The van der Waals surface area contributed by atoms with Gasteiger partial charge in [0.1, 0.15) is 0 Å². The summed E-state index contributed by atoms with van der Waals surface area (Å²) in [5.74, 6) is 0. The normalized spacial score (nSPS) is 11.6. The van der Waals surface area contributed by atoms with Crippen LogP contribution in [0.5, 0.6) is 0 Å². The van der Waals surface area contributed by atoms with Crippen LogP contribution in [0, 0.1) is 0 Å². The van der Waals surface area contributed by atoms with Crippen molar-refractivity contribution in [1.82, 2.24) is 0 Å². The summed E-state index contributed by atoms with van der Waals surface area (Å²) in [5, 5.41) is 10.1. The zero-order chi connectivity index (χ0) is 43.8. The topological polar surface area (TPSA) is 0 Å². The average molecular weight is 837 g/mol. The fraction of sp³-hybridized carbons (Fsp3) is 0. The van der Waals surface area contributed by atoms with Gasteiger partial charge in [-0.3, -0.25) is 0 Å². The fourth-order valence-electron chi connectivity index (χ4n) is 10.3. The van der Waals surface area contributed by atoms with Gasteiger partial charge in [-0.2, -0.15) is 0 Å². The van der Waals surface area contributed by atoms with Gasteiger partial charge in [-0.1, -0.05) is 267 Å². The minimum absolute atomic E-state index is 1.16. The van der Waals surface area contributed by atoms with E-state index in [0.29, 0.717) is 0 Å². The Balaban J connectivity index is 0.866. The summed E-state index contributed by atoms with van der Waals surface area (Å²) in [6.07, 6.45) is 4.43. The lowest BCUT2D eigenvalue weighted by atomic mass is 9.84. The molecule has 0 saturated heterocycles. The van der Waals surface area contributed by atoms with E-state index >= 15 is 0 Å². The minimum atomic E-state index is 1.16. The van der Waals surface area contributed by atoms with Crippen molar-refractivity contribution >= 4 is 55.2 Å². The van der Waals surface area contributed by atoms with Gasteiger partial charge >= 0.3 is 0 Å². The molecular weight excluding hydrogens is 793 g/mol. The van der Waals surface area contributed by atoms with Crippen molar-refractivity contribution in [2.45, 2.75) is 0 Å². The molecule has 0 amide bonds. The van der Waals surface area contributed by atoms with E-state index in [2.05, 4.69) is 267 Å². The standard InChI is InChI=1S/C66H44/c1-3-19-49(20-4-1)63-55-27-11-15-31-59(55)65(60-32-16-12-28-56(60)63)53-25-9-7-23-51(53)47-41-37-45(38-42-47)35-36-46-39-43-48(44-40-46)52-24-8-10-26-54(52)66-61-33-17-13-29-57(61)64(50-21-5-2-6-22-50)58-30-14-18-34-62(58)66/h1-44H. The molecule has 0 bridgehead atoms. The van der Waals surface area contributed by atoms with Crippen molar-refractivity contribution in [2.75, 3.05) is 0 Å². The molecule has 0 heterocycles. The van der Waals surface area contributed by atoms with Crippen molar-refractivity contribution in [3.63, 3.8) is 0 Å². The van der Waals surface area contributed by atoms with E-state index < -0.39 is 0 Å². The molecule has 0 aliphatic heterocycles. The van der Waals surface area contributed by atoms with E-state index in [-0.39, 0.29) is 0 Å². The van der Waals surface area contributed by atoms with Crippen LogP contribution in [0.25, 0.3) is 122 Å². The number of benzene rings is 12. The maximum absolute atomic E-state index is 2.29. The van der Waals surface area contributed by atoms with Gasteiger partial charge in [-0.15, -0.1) is 0 Å². The van der Waals surface area contributed by atoms with Crippen LogP contribution in [-0.2, 0) is 0 Å². The van der Waals surface area contributed by atoms with Gasteiger partial charge in [0.05, 0.1) is 0 Å². The molecule has 0 saturated carbocycles. The lowest BCUT2D eigenvalue weighted by molar-refractivity contribution is 1.58. The van der Waals surface area contributed by atoms with Crippen LogP contribution in [0.2, 0.25) is 0 Å². The van der Waals surface area contributed by atoms with E-state index in [1.165, 1.54) is 110 Å². The Labute approximate surface area is 386 Å². The summed E-state index contributed by atoms with van der Waals surface area (Å²) in [6.45, 7) is 0. The zero-order valence-corrected chi connectivity index (χ0v) is 36.4. The smallest absolute Gasteiger partial charge is 0.00201 e. The molecule has 0 atom stereocenters. The van der Waals surface area contributed by atoms with Crippen molar-refractivity contribution in [2.24, 2.45) is 0 Å². The molecule has 0 heteroatoms. The number of hydrogen-bond acceptors (Lipinski definition) is 0. The predicted octanol–water partition coefficient (Wildman–Crippen LogP) is 18.5. The molecule has 308 valence electrons. The van der Waals surface area contributed by atoms with E-state index in [4.69, 9.17) is 0 Å². The molecule has 66 heavy (non-hydrogen) atoms. The summed E-state index contributed by atoms with van der Waals surface area (Å²) < 4.78 is 0. The molecule has 12 aromatic rings. The molecule has 12 rings (SSSR count). The lowest BCUT2D eigenvalue weighted by Crippen LogP contribution is -1.92. The van der Waals surface area contributed by atoms with Gasteiger partial charge in [0.25, 0.3) is 0 Å². The van der Waals surface area contributed by atoms with Crippen molar-refractivity contribution in [3.05, 3.63) is 266 Å². The average Bonchev–Trinajstić information content (AvgIpc) is 3.39. The molecule has 0 spiro atoms. The first-order valence-electron chi connectivity index (χ1n) is 22.8. The van der Waals surface area contributed by atoms with E-state index in [1.807, 2.05) is 0 Å². The van der Waals surface area contributed by atoms with Gasteiger partial charge in [-0.05, 0) is 121 Å². The molecule has 0 unspecified atom stereocenters. The summed E-state index contributed by atoms with van der Waals surface area (Å²) >= 11 is 0. The highest BCUT2D eigenvalue weighted by Gasteiger charge is 2.20. The fourth-order valence-corrected chi connectivity index (χ4v) is 10.3. The molecule has 12 aromatic carbocycles. The molecule has 0 aliphatic carbocycles. The maximum Gasteiger partial charge on any atom is -0.00201 e. The Morgan fingerprint density at radius 1 is 0.167 bits per heavy atom. The van der Waals surface area contributed by atoms with Crippen molar-refractivity contribution < 1.29 is 0 Å². The third-order valence-corrected chi connectivity index (χ3v) is 13.3. The molecule has 0 aromatic heterocycles. The highest BCUT2D eigenvalue weighted by Crippen LogP contribution is 2.48. The lowest BCUT2D eigenvalue weighted by Gasteiger charge is -2.19. The van der Waals surface area contributed by atoms with E-state index in [1.54, 1.807) is 0 Å². The number of hydrogen-bond donors (Lipinski definition) is 0. The van der Waals surface area contributed by atoms with Gasteiger partial charge in [-0.25, -0.2) is 0 Å². The zero-order valence-electron chi connectivity index (χ0n) is 36.4. The number of fused-ring (bicyclic) bond motifs is 4. The quantitative estimate of drug-likeness (QED) is 0.106. The highest BCUT2D eigenvalue weighted by molar-refractivity contribution is 6.24. The number of rotatable bonds is 8. The third-order valence-electron chi connectivity index (χ3n) is 13.3. The highest BCUT2D eigenvalue weighted by atomic mass is 14.2. The molecule has 0 fully saturated rings. The Hall–Kier alpha value is -8.58. The molecule has 0 radical (unpaired) electrons. The molecular formula is C66H44. The van der Waals surface area contributed by atoms with Crippen LogP contribution < -0.4 is 0 Å². The second-order valence-electron chi connectivity index (χ2n) is 17.1. The summed E-state index contributed by atoms with van der Waals surface area (Å²) in [6, 6.07) is 92.9. The molecule has 0 aliphatic rings. The Kier molecular flexibility index (Phi) is 9.97. The van der Waals surface area contributed by atoms with Gasteiger partial charge < -0.3 is 0 Å². The first-order chi connectivity index (χ1) is 32.8. The van der Waals surface area contributed by atoms with Gasteiger partial charge in [0, 0.05) is 0 Å². The van der Waals surface area contributed by atoms with Crippen LogP contribution in [0.1, 0.15) is 11.1 Å². The van der Waals surface area contributed by atoms with Crippen LogP contribution >= 0.6 is 0 Å². The Morgan fingerprint density at radius 2 is 0.409 bits per heavy atom. The summed E-state index contributed by atoms with van der Waals surface area (Å²) in [4.78, 5) is 0. The molecule has 0 nitrogen and oxygen atoms in total. The monoisotopic (exact) mass is 836 g/mol. The van der Waals surface area contributed by atoms with Crippen LogP contribution in [0.3, 0.4) is 0 Å². The third kappa shape index (κ3) is 6.88. The summed E-state index contributed by atoms with van der Waals surface area (Å²) in [7, 11) is 0. The van der Waals surface area contributed by atoms with Crippen molar-refractivity contribution in [1.29, 1.82) is 0 Å². The second kappa shape index (κ2) is 16.8. The second-order valence-corrected chi connectivity index (χ2v) is 17.1. The Morgan fingerprint density at radius 3 is 0.712 bits per heavy atom. The first-order valence-corrected chi connectivity index (χ1v) is 22.8. The largest absolute Gasteiger partial charge is 0.0622 e. The maximum atomic E-state index is 2.29. The summed E-state index contributed by atoms with van der Waals surface area (Å²) in [5.41, 5.74) is 17.2. The van der Waals surface area contributed by atoms with E-state index in [9.17, 15) is 0 Å². The van der Waals surface area contributed by atoms with Crippen LogP contribution in [0.15, 0.2) is 255 Å². The minimum Gasteiger partial charge on any atom is -0.0622 e. The van der Waals surface area contributed by atoms with Crippen LogP contribution in [0.4, 0.5) is 0 Å².